The van der Waals surface area contributed by atoms with Gasteiger partial charge in [0.25, 0.3) is 5.56 Å². The second-order valence-electron chi connectivity index (χ2n) is 5.87. The molecular formula is C20H20N2O5. The molecule has 0 aliphatic carbocycles. The molecule has 1 aromatic carbocycles. The second-order valence-corrected chi connectivity index (χ2v) is 5.87. The van der Waals surface area contributed by atoms with Crippen LogP contribution in [-0.2, 0) is 16.1 Å². The van der Waals surface area contributed by atoms with Gasteiger partial charge in [-0.2, -0.15) is 0 Å². The van der Waals surface area contributed by atoms with Crippen molar-refractivity contribution in [2.45, 2.75) is 20.5 Å². The number of rotatable bonds is 7. The molecule has 2 aromatic heterocycles. The molecule has 0 radical (unpaired) electrons. The Balaban J connectivity index is 1.55. The molecule has 0 aliphatic heterocycles. The monoisotopic (exact) mass is 368 g/mol. The molecule has 3 rings (SSSR count). The number of pyridine rings is 1. The fourth-order valence-corrected chi connectivity index (χ4v) is 2.47. The van der Waals surface area contributed by atoms with Gasteiger partial charge in [-0.05, 0) is 49.7 Å². The van der Waals surface area contributed by atoms with Gasteiger partial charge < -0.3 is 14.2 Å². The SMILES string of the molecule is CCOc1ccc(OCC(=O)OCc2cc(=O)n3cc(C)ccc3n2)cc1. The highest BCUT2D eigenvalue weighted by molar-refractivity contribution is 5.71. The van der Waals surface area contributed by atoms with Crippen LogP contribution < -0.4 is 15.0 Å². The molecule has 0 saturated heterocycles. The summed E-state index contributed by atoms with van der Waals surface area (Å²) in [5, 5.41) is 0. The molecule has 0 saturated carbocycles. The van der Waals surface area contributed by atoms with Crippen LogP contribution in [0.2, 0.25) is 0 Å². The molecule has 0 atom stereocenters. The van der Waals surface area contributed by atoms with Crippen LogP contribution in [0.1, 0.15) is 18.2 Å². The van der Waals surface area contributed by atoms with Crippen LogP contribution in [0.3, 0.4) is 0 Å². The number of carbonyl (C=O) groups excluding carboxylic acids is 1. The molecule has 0 spiro atoms. The highest BCUT2D eigenvalue weighted by atomic mass is 16.6. The Bertz CT molecular complexity index is 995. The first-order chi connectivity index (χ1) is 13.0. The van der Waals surface area contributed by atoms with E-state index in [9.17, 15) is 9.59 Å². The third-order valence-electron chi connectivity index (χ3n) is 3.73. The lowest BCUT2D eigenvalue weighted by Gasteiger charge is -2.08. The second kappa shape index (κ2) is 8.35. The fraction of sp³-hybridized carbons (Fsp3) is 0.250. The zero-order chi connectivity index (χ0) is 19.2. The molecule has 7 nitrogen and oxygen atoms in total. The minimum absolute atomic E-state index is 0.0922. The smallest absolute Gasteiger partial charge is 0.344 e. The van der Waals surface area contributed by atoms with Crippen LogP contribution in [0, 0.1) is 6.92 Å². The minimum Gasteiger partial charge on any atom is -0.494 e. The topological polar surface area (TPSA) is 79.1 Å². The van der Waals surface area contributed by atoms with Crippen molar-refractivity contribution in [1.29, 1.82) is 0 Å². The van der Waals surface area contributed by atoms with Crippen molar-refractivity contribution in [2.24, 2.45) is 0 Å². The molecule has 0 N–H and O–H groups in total. The molecule has 2 heterocycles. The van der Waals surface area contributed by atoms with Crippen molar-refractivity contribution < 1.29 is 19.0 Å². The van der Waals surface area contributed by atoms with Crippen molar-refractivity contribution in [2.75, 3.05) is 13.2 Å². The zero-order valence-electron chi connectivity index (χ0n) is 15.2. The summed E-state index contributed by atoms with van der Waals surface area (Å²) < 4.78 is 17.3. The van der Waals surface area contributed by atoms with Crippen molar-refractivity contribution in [3.8, 4) is 11.5 Å². The Morgan fingerprint density at radius 1 is 1.07 bits per heavy atom. The normalized spacial score (nSPS) is 10.6. The summed E-state index contributed by atoms with van der Waals surface area (Å²) in [7, 11) is 0. The molecule has 0 amide bonds. The number of hydrogen-bond acceptors (Lipinski definition) is 6. The maximum atomic E-state index is 12.1. The van der Waals surface area contributed by atoms with E-state index < -0.39 is 5.97 Å². The van der Waals surface area contributed by atoms with E-state index in [0.717, 1.165) is 11.3 Å². The summed E-state index contributed by atoms with van der Waals surface area (Å²) in [6.45, 7) is 4.05. The van der Waals surface area contributed by atoms with Crippen LogP contribution in [0.25, 0.3) is 5.65 Å². The van der Waals surface area contributed by atoms with Gasteiger partial charge in [0.1, 0.15) is 23.8 Å². The van der Waals surface area contributed by atoms with Crippen molar-refractivity contribution in [1.82, 2.24) is 9.38 Å². The first-order valence-electron chi connectivity index (χ1n) is 8.55. The lowest BCUT2D eigenvalue weighted by molar-refractivity contribution is -0.147. The maximum absolute atomic E-state index is 12.1. The van der Waals surface area contributed by atoms with Gasteiger partial charge in [-0.1, -0.05) is 6.07 Å². The quantitative estimate of drug-likeness (QED) is 0.596. The lowest BCUT2D eigenvalue weighted by atomic mass is 10.3. The molecule has 0 unspecified atom stereocenters. The number of ether oxygens (including phenoxy) is 3. The lowest BCUT2D eigenvalue weighted by Crippen LogP contribution is -2.18. The largest absolute Gasteiger partial charge is 0.494 e. The van der Waals surface area contributed by atoms with Crippen molar-refractivity contribution >= 4 is 11.6 Å². The molecule has 7 heteroatoms. The van der Waals surface area contributed by atoms with Crippen molar-refractivity contribution in [3.05, 3.63) is 70.3 Å². The maximum Gasteiger partial charge on any atom is 0.344 e. The summed E-state index contributed by atoms with van der Waals surface area (Å²) >= 11 is 0. The van der Waals surface area contributed by atoms with Crippen LogP contribution in [0.15, 0.2) is 53.5 Å². The number of aryl methyl sites for hydroxylation is 1. The Hall–Kier alpha value is -3.35. The summed E-state index contributed by atoms with van der Waals surface area (Å²) in [4.78, 5) is 28.3. The Labute approximate surface area is 156 Å². The van der Waals surface area contributed by atoms with Gasteiger partial charge in [-0.25, -0.2) is 9.78 Å². The van der Waals surface area contributed by atoms with E-state index in [0.29, 0.717) is 23.7 Å². The number of aromatic nitrogens is 2. The molecule has 3 aromatic rings. The Morgan fingerprint density at radius 2 is 1.78 bits per heavy atom. The van der Waals surface area contributed by atoms with E-state index in [1.165, 1.54) is 10.5 Å². The van der Waals surface area contributed by atoms with E-state index in [1.807, 2.05) is 19.9 Å². The summed E-state index contributed by atoms with van der Waals surface area (Å²) in [6.07, 6.45) is 1.71. The van der Waals surface area contributed by atoms with Gasteiger partial charge in [0.2, 0.25) is 0 Å². The predicted octanol–water partition coefficient (Wildman–Crippen LogP) is 2.52. The van der Waals surface area contributed by atoms with E-state index in [1.54, 1.807) is 36.5 Å². The zero-order valence-corrected chi connectivity index (χ0v) is 15.2. The van der Waals surface area contributed by atoms with Gasteiger partial charge in [0.15, 0.2) is 6.61 Å². The summed E-state index contributed by atoms with van der Waals surface area (Å²) in [5.41, 5.74) is 1.63. The van der Waals surface area contributed by atoms with Gasteiger partial charge in [-0.15, -0.1) is 0 Å². The van der Waals surface area contributed by atoms with E-state index in [2.05, 4.69) is 4.98 Å². The average molecular weight is 368 g/mol. The number of carbonyl (C=O) groups is 1. The molecule has 0 aliphatic rings. The van der Waals surface area contributed by atoms with Crippen LogP contribution in [0.4, 0.5) is 0 Å². The third kappa shape index (κ3) is 4.84. The molecule has 140 valence electrons. The van der Waals surface area contributed by atoms with Gasteiger partial charge in [0.05, 0.1) is 12.3 Å². The van der Waals surface area contributed by atoms with Gasteiger partial charge in [0, 0.05) is 12.3 Å². The minimum atomic E-state index is -0.546. The number of esters is 1. The third-order valence-corrected chi connectivity index (χ3v) is 3.73. The number of benzene rings is 1. The Kier molecular flexibility index (Phi) is 5.71. The molecular weight excluding hydrogens is 348 g/mol. The van der Waals surface area contributed by atoms with Gasteiger partial charge in [-0.3, -0.25) is 9.20 Å². The number of fused-ring (bicyclic) bond motifs is 1. The average Bonchev–Trinajstić information content (AvgIpc) is 2.66. The van der Waals surface area contributed by atoms with E-state index in [-0.39, 0.29) is 18.8 Å². The first-order valence-corrected chi connectivity index (χ1v) is 8.55. The fourth-order valence-electron chi connectivity index (χ4n) is 2.47. The van der Waals surface area contributed by atoms with Crippen LogP contribution in [0.5, 0.6) is 11.5 Å². The first kappa shape index (κ1) is 18.4. The molecule has 0 fully saturated rings. The van der Waals surface area contributed by atoms with Crippen LogP contribution in [-0.4, -0.2) is 28.6 Å². The van der Waals surface area contributed by atoms with E-state index >= 15 is 0 Å². The van der Waals surface area contributed by atoms with Gasteiger partial charge >= 0.3 is 5.97 Å². The molecule has 27 heavy (non-hydrogen) atoms. The van der Waals surface area contributed by atoms with Crippen LogP contribution >= 0.6 is 0 Å². The standard InChI is InChI=1S/C20H20N2O5/c1-3-25-16-5-7-17(8-6-16)26-13-20(24)27-12-15-10-19(23)22-11-14(2)4-9-18(22)21-15/h4-11H,3,12-13H2,1-2H3. The van der Waals surface area contributed by atoms with Crippen molar-refractivity contribution in [3.63, 3.8) is 0 Å². The Morgan fingerprint density at radius 3 is 2.48 bits per heavy atom. The summed E-state index contributed by atoms with van der Waals surface area (Å²) in [5.74, 6) is 0.721. The molecule has 0 bridgehead atoms. The number of nitrogens with zero attached hydrogens (tertiary/aromatic N) is 2. The summed E-state index contributed by atoms with van der Waals surface area (Å²) in [6, 6.07) is 11.9. The highest BCUT2D eigenvalue weighted by Gasteiger charge is 2.08. The highest BCUT2D eigenvalue weighted by Crippen LogP contribution is 2.17. The predicted molar refractivity (Wildman–Crippen MR) is 99.1 cm³/mol. The number of hydrogen-bond donors (Lipinski definition) is 0. The van der Waals surface area contributed by atoms with E-state index in [4.69, 9.17) is 14.2 Å².